The van der Waals surface area contributed by atoms with E-state index < -0.39 is 0 Å². The van der Waals surface area contributed by atoms with Crippen molar-refractivity contribution in [1.29, 1.82) is 5.26 Å². The summed E-state index contributed by atoms with van der Waals surface area (Å²) in [5.74, 6) is 0. The average Bonchev–Trinajstić information content (AvgIpc) is 2.03. The predicted molar refractivity (Wildman–Crippen MR) is 47.1 cm³/mol. The van der Waals surface area contributed by atoms with E-state index in [1.165, 1.54) is 12.1 Å². The number of nitriles is 1. The molecule has 1 rings (SSSR count). The normalized spacial score (nSPS) is 9.50. The van der Waals surface area contributed by atoms with E-state index in [0.29, 0.717) is 21.2 Å². The molecule has 0 aliphatic carbocycles. The predicted octanol–water partition coefficient (Wildman–Crippen LogP) is 2.36. The lowest BCUT2D eigenvalue weighted by molar-refractivity contribution is 0.281. The van der Waals surface area contributed by atoms with E-state index in [4.69, 9.17) is 33.6 Å². The summed E-state index contributed by atoms with van der Waals surface area (Å²) < 4.78 is 0. The minimum Gasteiger partial charge on any atom is -0.392 e. The summed E-state index contributed by atoms with van der Waals surface area (Å²) in [6, 6.07) is 4.87. The molecule has 0 atom stereocenters. The van der Waals surface area contributed by atoms with Crippen LogP contribution in [0.4, 0.5) is 0 Å². The second kappa shape index (κ2) is 3.77. The van der Waals surface area contributed by atoms with E-state index in [2.05, 4.69) is 0 Å². The Kier molecular flexibility index (Phi) is 2.93. The third-order valence-electron chi connectivity index (χ3n) is 1.44. The van der Waals surface area contributed by atoms with Crippen molar-refractivity contribution in [1.82, 2.24) is 0 Å². The third kappa shape index (κ3) is 1.70. The Morgan fingerprint density at radius 3 is 2.58 bits per heavy atom. The van der Waals surface area contributed by atoms with Crippen molar-refractivity contribution in [2.45, 2.75) is 6.61 Å². The van der Waals surface area contributed by atoms with E-state index in [0.717, 1.165) is 0 Å². The summed E-state index contributed by atoms with van der Waals surface area (Å²) in [6.07, 6.45) is 0. The summed E-state index contributed by atoms with van der Waals surface area (Å²) in [7, 11) is 0. The lowest BCUT2D eigenvalue weighted by Crippen LogP contribution is -1.90. The molecule has 0 unspecified atom stereocenters. The van der Waals surface area contributed by atoms with Gasteiger partial charge in [-0.25, -0.2) is 0 Å². The molecule has 0 aliphatic heterocycles. The number of benzene rings is 1. The highest BCUT2D eigenvalue weighted by atomic mass is 35.5. The fourth-order valence-electron chi connectivity index (χ4n) is 0.864. The van der Waals surface area contributed by atoms with E-state index >= 15 is 0 Å². The molecule has 1 aromatic carbocycles. The van der Waals surface area contributed by atoms with Crippen LogP contribution in [-0.4, -0.2) is 5.11 Å². The molecule has 0 fully saturated rings. The Bertz CT molecular complexity index is 344. The van der Waals surface area contributed by atoms with Crippen LogP contribution in [0.15, 0.2) is 12.1 Å². The van der Waals surface area contributed by atoms with Gasteiger partial charge in [0.2, 0.25) is 0 Å². The van der Waals surface area contributed by atoms with Crippen molar-refractivity contribution in [2.75, 3.05) is 0 Å². The van der Waals surface area contributed by atoms with Gasteiger partial charge in [0, 0.05) is 15.6 Å². The van der Waals surface area contributed by atoms with E-state index in [1.807, 2.05) is 6.07 Å². The standard InChI is InChI=1S/C8H5Cl2NO/c9-6-1-5(3-11)7(4-12)8(10)2-6/h1-2,12H,4H2. The van der Waals surface area contributed by atoms with Crippen LogP contribution >= 0.6 is 23.2 Å². The van der Waals surface area contributed by atoms with Gasteiger partial charge in [-0.15, -0.1) is 0 Å². The van der Waals surface area contributed by atoms with Crippen LogP contribution < -0.4 is 0 Å². The molecular weight excluding hydrogens is 197 g/mol. The third-order valence-corrected chi connectivity index (χ3v) is 1.99. The van der Waals surface area contributed by atoms with Gasteiger partial charge >= 0.3 is 0 Å². The van der Waals surface area contributed by atoms with Gasteiger partial charge in [0.1, 0.15) is 0 Å². The zero-order chi connectivity index (χ0) is 9.14. The molecule has 0 aromatic heterocycles. The highest BCUT2D eigenvalue weighted by molar-refractivity contribution is 6.35. The van der Waals surface area contributed by atoms with Crippen LogP contribution in [0.2, 0.25) is 10.0 Å². The Morgan fingerprint density at radius 2 is 2.08 bits per heavy atom. The van der Waals surface area contributed by atoms with Crippen LogP contribution in [0, 0.1) is 11.3 Å². The SMILES string of the molecule is N#Cc1cc(Cl)cc(Cl)c1CO. The molecule has 0 spiro atoms. The Hall–Kier alpha value is -0.750. The maximum absolute atomic E-state index is 8.84. The summed E-state index contributed by atoms with van der Waals surface area (Å²) >= 11 is 11.4. The summed E-state index contributed by atoms with van der Waals surface area (Å²) in [5, 5.41) is 18.2. The number of nitrogens with zero attached hydrogens (tertiary/aromatic N) is 1. The number of aliphatic hydroxyl groups excluding tert-OH is 1. The number of aliphatic hydroxyl groups is 1. The highest BCUT2D eigenvalue weighted by Crippen LogP contribution is 2.24. The molecule has 0 saturated heterocycles. The lowest BCUT2D eigenvalue weighted by Gasteiger charge is -2.02. The Morgan fingerprint density at radius 1 is 1.42 bits per heavy atom. The van der Waals surface area contributed by atoms with Gasteiger partial charge in [0.05, 0.1) is 18.2 Å². The first-order valence-corrected chi connectivity index (χ1v) is 3.93. The maximum atomic E-state index is 8.84. The van der Waals surface area contributed by atoms with E-state index in [1.54, 1.807) is 0 Å². The summed E-state index contributed by atoms with van der Waals surface area (Å²) in [5.41, 5.74) is 0.735. The lowest BCUT2D eigenvalue weighted by atomic mass is 10.1. The van der Waals surface area contributed by atoms with Crippen molar-refractivity contribution < 1.29 is 5.11 Å². The Balaban J connectivity index is 3.36. The van der Waals surface area contributed by atoms with E-state index in [-0.39, 0.29) is 6.61 Å². The smallest absolute Gasteiger partial charge is 0.0996 e. The van der Waals surface area contributed by atoms with Crippen molar-refractivity contribution in [3.63, 3.8) is 0 Å². The van der Waals surface area contributed by atoms with Gasteiger partial charge in [0.15, 0.2) is 0 Å². The number of hydrogen-bond acceptors (Lipinski definition) is 2. The number of hydrogen-bond donors (Lipinski definition) is 1. The Labute approximate surface area is 80.0 Å². The summed E-state index contributed by atoms with van der Waals surface area (Å²) in [4.78, 5) is 0. The minimum absolute atomic E-state index is 0.251. The van der Waals surface area contributed by atoms with Crippen LogP contribution in [0.1, 0.15) is 11.1 Å². The molecule has 0 amide bonds. The quantitative estimate of drug-likeness (QED) is 0.759. The molecule has 0 aliphatic rings. The maximum Gasteiger partial charge on any atom is 0.0996 e. The fourth-order valence-corrected chi connectivity index (χ4v) is 1.42. The topological polar surface area (TPSA) is 44.0 Å². The van der Waals surface area contributed by atoms with Gasteiger partial charge in [0.25, 0.3) is 0 Å². The minimum atomic E-state index is -0.251. The first-order valence-electron chi connectivity index (χ1n) is 3.18. The van der Waals surface area contributed by atoms with Crippen molar-refractivity contribution in [3.05, 3.63) is 33.3 Å². The van der Waals surface area contributed by atoms with E-state index in [9.17, 15) is 0 Å². The first kappa shape index (κ1) is 9.34. The van der Waals surface area contributed by atoms with Crippen LogP contribution in [0.25, 0.3) is 0 Å². The zero-order valence-corrected chi connectivity index (χ0v) is 7.52. The number of halogens is 2. The molecule has 4 heteroatoms. The summed E-state index contributed by atoms with van der Waals surface area (Å²) in [6.45, 7) is -0.251. The molecular formula is C8H5Cl2NO. The fraction of sp³-hybridized carbons (Fsp3) is 0.125. The second-order valence-corrected chi connectivity index (χ2v) is 3.03. The number of rotatable bonds is 1. The van der Waals surface area contributed by atoms with Gasteiger partial charge in [-0.3, -0.25) is 0 Å². The van der Waals surface area contributed by atoms with Crippen molar-refractivity contribution in [2.24, 2.45) is 0 Å². The molecule has 0 bridgehead atoms. The van der Waals surface area contributed by atoms with Crippen molar-refractivity contribution in [3.8, 4) is 6.07 Å². The zero-order valence-electron chi connectivity index (χ0n) is 6.01. The highest BCUT2D eigenvalue weighted by Gasteiger charge is 2.06. The van der Waals surface area contributed by atoms with Gasteiger partial charge in [-0.2, -0.15) is 5.26 Å². The molecule has 0 saturated carbocycles. The first-order chi connectivity index (χ1) is 5.69. The van der Waals surface area contributed by atoms with Gasteiger partial charge in [-0.05, 0) is 12.1 Å². The molecule has 0 heterocycles. The van der Waals surface area contributed by atoms with Gasteiger partial charge in [-0.1, -0.05) is 23.2 Å². The molecule has 1 aromatic rings. The molecule has 1 N–H and O–H groups in total. The van der Waals surface area contributed by atoms with Crippen molar-refractivity contribution >= 4 is 23.2 Å². The average molecular weight is 202 g/mol. The monoisotopic (exact) mass is 201 g/mol. The molecule has 0 radical (unpaired) electrons. The van der Waals surface area contributed by atoms with Crippen LogP contribution in [-0.2, 0) is 6.61 Å². The second-order valence-electron chi connectivity index (χ2n) is 2.18. The molecule has 2 nitrogen and oxygen atoms in total. The molecule has 12 heavy (non-hydrogen) atoms. The molecule has 62 valence electrons. The van der Waals surface area contributed by atoms with Crippen LogP contribution in [0.3, 0.4) is 0 Å². The van der Waals surface area contributed by atoms with Crippen LogP contribution in [0.5, 0.6) is 0 Å². The largest absolute Gasteiger partial charge is 0.392 e. The van der Waals surface area contributed by atoms with Gasteiger partial charge < -0.3 is 5.11 Å².